The van der Waals surface area contributed by atoms with Crippen molar-refractivity contribution in [3.63, 3.8) is 0 Å². The SMILES string of the molecule is CC1CN(c2ccc(CNC(=O)C(N)Cc3ccccc3)cn2)CC(C)O1.Cl.Cl. The second-order valence-corrected chi connectivity index (χ2v) is 7.20. The number of morpholine rings is 1. The molecule has 29 heavy (non-hydrogen) atoms. The van der Waals surface area contributed by atoms with Crippen molar-refractivity contribution in [2.75, 3.05) is 18.0 Å². The molecule has 0 bridgehead atoms. The Hall–Kier alpha value is -1.86. The lowest BCUT2D eigenvalue weighted by Crippen LogP contribution is -2.45. The fourth-order valence-corrected chi connectivity index (χ4v) is 3.35. The largest absolute Gasteiger partial charge is 0.372 e. The van der Waals surface area contributed by atoms with Crippen molar-refractivity contribution in [1.82, 2.24) is 10.3 Å². The molecule has 0 spiro atoms. The van der Waals surface area contributed by atoms with Gasteiger partial charge in [0.05, 0.1) is 18.2 Å². The van der Waals surface area contributed by atoms with Gasteiger partial charge in [0.2, 0.25) is 5.91 Å². The monoisotopic (exact) mass is 440 g/mol. The Labute approximate surface area is 185 Å². The molecule has 2 heterocycles. The molecule has 0 aliphatic carbocycles. The van der Waals surface area contributed by atoms with Crippen LogP contribution in [0, 0.1) is 0 Å². The number of carbonyl (C=O) groups is 1. The number of rotatable bonds is 6. The molecular formula is C21H30Cl2N4O2. The maximum atomic E-state index is 12.2. The second kappa shape index (κ2) is 12.0. The summed E-state index contributed by atoms with van der Waals surface area (Å²) in [5.41, 5.74) is 8.02. The number of aromatic nitrogens is 1. The second-order valence-electron chi connectivity index (χ2n) is 7.20. The van der Waals surface area contributed by atoms with Gasteiger partial charge in [-0.2, -0.15) is 0 Å². The zero-order valence-electron chi connectivity index (χ0n) is 16.8. The Morgan fingerprint density at radius 3 is 2.38 bits per heavy atom. The first kappa shape index (κ1) is 25.2. The number of amides is 1. The highest BCUT2D eigenvalue weighted by atomic mass is 35.5. The van der Waals surface area contributed by atoms with Crippen LogP contribution in [0.5, 0.6) is 0 Å². The molecule has 3 unspecified atom stereocenters. The van der Waals surface area contributed by atoms with Gasteiger partial charge in [0.1, 0.15) is 5.82 Å². The Kier molecular flexibility index (Phi) is 10.4. The molecule has 0 saturated carbocycles. The van der Waals surface area contributed by atoms with Crippen LogP contribution in [0.25, 0.3) is 0 Å². The predicted molar refractivity (Wildman–Crippen MR) is 121 cm³/mol. The van der Waals surface area contributed by atoms with Gasteiger partial charge >= 0.3 is 0 Å². The number of pyridine rings is 1. The van der Waals surface area contributed by atoms with E-state index in [1.54, 1.807) is 0 Å². The quantitative estimate of drug-likeness (QED) is 0.721. The van der Waals surface area contributed by atoms with Gasteiger partial charge in [0.15, 0.2) is 0 Å². The van der Waals surface area contributed by atoms with E-state index in [1.807, 2.05) is 48.7 Å². The van der Waals surface area contributed by atoms with E-state index < -0.39 is 6.04 Å². The first-order valence-corrected chi connectivity index (χ1v) is 9.44. The van der Waals surface area contributed by atoms with Crippen LogP contribution in [-0.4, -0.2) is 42.2 Å². The number of halogens is 2. The standard InChI is InChI=1S/C21H28N4O2.2ClH/c1-15-13-25(14-16(2)27-15)20-9-8-18(11-23-20)12-24-21(26)19(22)10-17-6-4-3-5-7-17;;/h3-9,11,15-16,19H,10,12-14,22H2,1-2H3,(H,24,26);2*1H. The van der Waals surface area contributed by atoms with Gasteiger partial charge in [-0.1, -0.05) is 36.4 Å². The van der Waals surface area contributed by atoms with Crippen LogP contribution in [0.1, 0.15) is 25.0 Å². The number of nitrogens with one attached hydrogen (secondary N) is 1. The molecular weight excluding hydrogens is 411 g/mol. The Balaban J connectivity index is 0.00000210. The highest BCUT2D eigenvalue weighted by molar-refractivity contribution is 5.85. The van der Waals surface area contributed by atoms with Crippen LogP contribution in [-0.2, 0) is 22.5 Å². The highest BCUT2D eigenvalue weighted by Crippen LogP contribution is 2.18. The summed E-state index contributed by atoms with van der Waals surface area (Å²) in [5, 5.41) is 2.89. The maximum absolute atomic E-state index is 12.2. The number of ether oxygens (including phenoxy) is 1. The summed E-state index contributed by atoms with van der Waals surface area (Å²) in [6.07, 6.45) is 2.72. The summed E-state index contributed by atoms with van der Waals surface area (Å²) in [6.45, 7) is 6.24. The van der Waals surface area contributed by atoms with Gasteiger partial charge < -0.3 is 20.7 Å². The Morgan fingerprint density at radius 2 is 1.79 bits per heavy atom. The third-order valence-electron chi connectivity index (χ3n) is 4.65. The smallest absolute Gasteiger partial charge is 0.237 e. The van der Waals surface area contributed by atoms with Crippen LogP contribution in [0.4, 0.5) is 5.82 Å². The lowest BCUT2D eigenvalue weighted by Gasteiger charge is -2.36. The molecule has 0 radical (unpaired) electrons. The van der Waals surface area contributed by atoms with Crippen molar-refractivity contribution >= 4 is 36.5 Å². The van der Waals surface area contributed by atoms with E-state index >= 15 is 0 Å². The number of nitrogens with zero attached hydrogens (tertiary/aromatic N) is 2. The molecule has 160 valence electrons. The van der Waals surface area contributed by atoms with Crippen molar-refractivity contribution in [3.05, 3.63) is 59.8 Å². The summed E-state index contributed by atoms with van der Waals surface area (Å²) in [7, 11) is 0. The number of nitrogens with two attached hydrogens (primary N) is 1. The van der Waals surface area contributed by atoms with Crippen LogP contribution in [0.3, 0.4) is 0 Å². The minimum absolute atomic E-state index is 0. The summed E-state index contributed by atoms with van der Waals surface area (Å²) in [4.78, 5) is 19.0. The predicted octanol–water partition coefficient (Wildman–Crippen LogP) is 2.73. The first-order chi connectivity index (χ1) is 13.0. The molecule has 1 fully saturated rings. The average molecular weight is 441 g/mol. The minimum atomic E-state index is -0.559. The fourth-order valence-electron chi connectivity index (χ4n) is 3.35. The van der Waals surface area contributed by atoms with Gasteiger partial charge in [-0.15, -0.1) is 24.8 Å². The lowest BCUT2D eigenvalue weighted by molar-refractivity contribution is -0.122. The molecule has 1 aromatic heterocycles. The van der Waals surface area contributed by atoms with Gasteiger partial charge in [-0.3, -0.25) is 4.79 Å². The van der Waals surface area contributed by atoms with E-state index in [0.29, 0.717) is 13.0 Å². The van der Waals surface area contributed by atoms with Gasteiger partial charge in [0, 0.05) is 25.8 Å². The fraction of sp³-hybridized carbons (Fsp3) is 0.429. The van der Waals surface area contributed by atoms with Crippen LogP contribution >= 0.6 is 24.8 Å². The third-order valence-corrected chi connectivity index (χ3v) is 4.65. The summed E-state index contributed by atoms with van der Waals surface area (Å²) >= 11 is 0. The van der Waals surface area contributed by atoms with Crippen molar-refractivity contribution in [3.8, 4) is 0 Å². The van der Waals surface area contributed by atoms with E-state index in [9.17, 15) is 4.79 Å². The summed E-state index contributed by atoms with van der Waals surface area (Å²) in [6, 6.07) is 13.2. The minimum Gasteiger partial charge on any atom is -0.372 e. The number of hydrogen-bond acceptors (Lipinski definition) is 5. The zero-order chi connectivity index (χ0) is 19.2. The van der Waals surface area contributed by atoms with Crippen molar-refractivity contribution in [2.45, 2.75) is 45.1 Å². The molecule has 1 saturated heterocycles. The van der Waals surface area contributed by atoms with Crippen LogP contribution in [0.15, 0.2) is 48.7 Å². The summed E-state index contributed by atoms with van der Waals surface area (Å²) in [5.74, 6) is 0.784. The number of anilines is 1. The normalized spacial score (nSPS) is 19.5. The van der Waals surface area contributed by atoms with E-state index in [1.165, 1.54) is 0 Å². The maximum Gasteiger partial charge on any atom is 0.237 e. The van der Waals surface area contributed by atoms with Crippen molar-refractivity contribution in [2.24, 2.45) is 5.73 Å². The molecule has 3 rings (SSSR count). The lowest BCUT2D eigenvalue weighted by atomic mass is 10.1. The molecule has 1 aromatic carbocycles. The Bertz CT molecular complexity index is 736. The molecule has 1 amide bonds. The van der Waals surface area contributed by atoms with E-state index in [2.05, 4.69) is 29.0 Å². The molecule has 3 N–H and O–H groups in total. The van der Waals surface area contributed by atoms with Crippen LogP contribution in [0.2, 0.25) is 0 Å². The number of hydrogen-bond donors (Lipinski definition) is 2. The number of carbonyl (C=O) groups excluding carboxylic acids is 1. The molecule has 1 aliphatic rings. The highest BCUT2D eigenvalue weighted by Gasteiger charge is 2.23. The third kappa shape index (κ3) is 7.48. The van der Waals surface area contributed by atoms with Gasteiger partial charge in [0.25, 0.3) is 0 Å². The van der Waals surface area contributed by atoms with E-state index in [-0.39, 0.29) is 42.9 Å². The molecule has 1 aliphatic heterocycles. The molecule has 2 aromatic rings. The van der Waals surface area contributed by atoms with E-state index in [0.717, 1.165) is 30.0 Å². The Morgan fingerprint density at radius 1 is 1.14 bits per heavy atom. The van der Waals surface area contributed by atoms with Crippen LogP contribution < -0.4 is 16.0 Å². The summed E-state index contributed by atoms with van der Waals surface area (Å²) < 4.78 is 5.76. The zero-order valence-corrected chi connectivity index (χ0v) is 18.4. The first-order valence-electron chi connectivity index (χ1n) is 9.44. The molecule has 6 nitrogen and oxygen atoms in total. The van der Waals surface area contributed by atoms with Crippen molar-refractivity contribution in [1.29, 1.82) is 0 Å². The average Bonchev–Trinajstić information content (AvgIpc) is 2.66. The topological polar surface area (TPSA) is 80.5 Å². The van der Waals surface area contributed by atoms with Gasteiger partial charge in [-0.25, -0.2) is 4.98 Å². The van der Waals surface area contributed by atoms with E-state index in [4.69, 9.17) is 10.5 Å². The van der Waals surface area contributed by atoms with Crippen molar-refractivity contribution < 1.29 is 9.53 Å². The number of benzene rings is 1. The van der Waals surface area contributed by atoms with Gasteiger partial charge in [-0.05, 0) is 37.5 Å². The molecule has 8 heteroatoms. The molecule has 3 atom stereocenters.